The van der Waals surface area contributed by atoms with E-state index < -0.39 is 12.0 Å². The maximum Gasteiger partial charge on any atom is 0.248 e. The predicted molar refractivity (Wildman–Crippen MR) is 75.2 cm³/mol. The average Bonchev–Trinajstić information content (AvgIpc) is 2.33. The minimum absolute atomic E-state index is 0.256. The molecule has 0 bridgehead atoms. The molecule has 0 aliphatic rings. The van der Waals surface area contributed by atoms with Crippen molar-refractivity contribution in [1.29, 1.82) is 0 Å². The van der Waals surface area contributed by atoms with Gasteiger partial charge in [0, 0.05) is 17.8 Å². The molecule has 0 fully saturated rings. The molecule has 0 saturated heterocycles. The fourth-order valence-corrected chi connectivity index (χ4v) is 1.42. The lowest BCUT2D eigenvalue weighted by molar-refractivity contribution is -0.0449. The van der Waals surface area contributed by atoms with Gasteiger partial charge in [-0.25, -0.2) is 0 Å². The number of carbonyl (C=O) groups excluding carboxylic acids is 1. The van der Waals surface area contributed by atoms with Crippen LogP contribution in [0.2, 0.25) is 0 Å². The first-order chi connectivity index (χ1) is 8.78. The molecule has 0 radical (unpaired) electrons. The Balaban J connectivity index is 2.44. The Morgan fingerprint density at radius 1 is 1.47 bits per heavy atom. The van der Waals surface area contributed by atoms with E-state index in [4.69, 9.17) is 10.5 Å². The second-order valence-electron chi connectivity index (χ2n) is 5.40. The van der Waals surface area contributed by atoms with Gasteiger partial charge in [0.25, 0.3) is 0 Å². The molecule has 0 heterocycles. The molecule has 5 heteroatoms. The first-order valence-corrected chi connectivity index (χ1v) is 6.24. The topological polar surface area (TPSA) is 84.6 Å². The highest BCUT2D eigenvalue weighted by atomic mass is 16.5. The highest BCUT2D eigenvalue weighted by Gasteiger charge is 2.13. The highest BCUT2D eigenvalue weighted by Crippen LogP contribution is 2.11. The van der Waals surface area contributed by atoms with E-state index in [1.807, 2.05) is 26.8 Å². The highest BCUT2D eigenvalue weighted by molar-refractivity contribution is 5.93. The van der Waals surface area contributed by atoms with Crippen LogP contribution >= 0.6 is 0 Å². The first kappa shape index (κ1) is 15.5. The number of aliphatic hydroxyl groups excluding tert-OH is 1. The van der Waals surface area contributed by atoms with Crippen molar-refractivity contribution in [2.24, 2.45) is 5.73 Å². The van der Waals surface area contributed by atoms with Crippen molar-refractivity contribution in [3.05, 3.63) is 29.8 Å². The largest absolute Gasteiger partial charge is 0.389 e. The maximum absolute atomic E-state index is 11.0. The number of hydrogen-bond donors (Lipinski definition) is 3. The summed E-state index contributed by atoms with van der Waals surface area (Å²) in [5.74, 6) is -0.472. The van der Waals surface area contributed by atoms with Gasteiger partial charge in [-0.3, -0.25) is 4.79 Å². The number of aliphatic hydroxyl groups is 1. The lowest BCUT2D eigenvalue weighted by atomic mass is 10.2. The van der Waals surface area contributed by atoms with Gasteiger partial charge in [0.15, 0.2) is 0 Å². The van der Waals surface area contributed by atoms with Gasteiger partial charge in [-0.05, 0) is 39.0 Å². The van der Waals surface area contributed by atoms with Gasteiger partial charge < -0.3 is 20.9 Å². The molecule has 0 aliphatic carbocycles. The Kier molecular flexibility index (Phi) is 5.32. The van der Waals surface area contributed by atoms with Crippen LogP contribution in [0.4, 0.5) is 5.69 Å². The Labute approximate surface area is 113 Å². The molecule has 1 unspecified atom stereocenters. The van der Waals surface area contributed by atoms with E-state index in [-0.39, 0.29) is 12.2 Å². The average molecular weight is 266 g/mol. The summed E-state index contributed by atoms with van der Waals surface area (Å²) in [6, 6.07) is 6.84. The van der Waals surface area contributed by atoms with Crippen molar-refractivity contribution in [1.82, 2.24) is 0 Å². The van der Waals surface area contributed by atoms with E-state index in [1.54, 1.807) is 18.2 Å². The number of ether oxygens (including phenoxy) is 1. The van der Waals surface area contributed by atoms with Crippen molar-refractivity contribution in [2.45, 2.75) is 32.5 Å². The van der Waals surface area contributed by atoms with Crippen molar-refractivity contribution in [2.75, 3.05) is 18.5 Å². The van der Waals surface area contributed by atoms with E-state index in [0.717, 1.165) is 5.69 Å². The van der Waals surface area contributed by atoms with E-state index >= 15 is 0 Å². The fourth-order valence-electron chi connectivity index (χ4n) is 1.42. The zero-order valence-corrected chi connectivity index (χ0v) is 11.6. The van der Waals surface area contributed by atoms with Gasteiger partial charge in [0.1, 0.15) is 0 Å². The van der Waals surface area contributed by atoms with Gasteiger partial charge in [-0.2, -0.15) is 0 Å². The number of anilines is 1. The molecule has 0 aromatic heterocycles. The number of primary amides is 1. The number of nitrogens with one attached hydrogen (secondary N) is 1. The number of benzene rings is 1. The molecule has 19 heavy (non-hydrogen) atoms. The third-order valence-corrected chi connectivity index (χ3v) is 2.40. The zero-order chi connectivity index (χ0) is 14.5. The van der Waals surface area contributed by atoms with Crippen LogP contribution in [-0.2, 0) is 4.74 Å². The summed E-state index contributed by atoms with van der Waals surface area (Å²) in [4.78, 5) is 11.0. The molecule has 106 valence electrons. The minimum atomic E-state index is -0.614. The van der Waals surface area contributed by atoms with Crippen LogP contribution in [0.25, 0.3) is 0 Å². The third kappa shape index (κ3) is 6.22. The first-order valence-electron chi connectivity index (χ1n) is 6.24. The Morgan fingerprint density at radius 3 is 2.74 bits per heavy atom. The molecule has 1 amide bonds. The molecule has 1 rings (SSSR count). The molecular formula is C14H22N2O3. The van der Waals surface area contributed by atoms with Gasteiger partial charge >= 0.3 is 0 Å². The van der Waals surface area contributed by atoms with Crippen molar-refractivity contribution < 1.29 is 14.6 Å². The molecule has 1 aromatic rings. The predicted octanol–water partition coefficient (Wildman–Crippen LogP) is 1.37. The Morgan fingerprint density at radius 2 is 2.16 bits per heavy atom. The summed E-state index contributed by atoms with van der Waals surface area (Å²) in [5.41, 5.74) is 6.10. The zero-order valence-electron chi connectivity index (χ0n) is 11.6. The maximum atomic E-state index is 11.0. The lowest BCUT2D eigenvalue weighted by Gasteiger charge is -2.22. The van der Waals surface area contributed by atoms with Crippen molar-refractivity contribution in [3.63, 3.8) is 0 Å². The van der Waals surface area contributed by atoms with Crippen LogP contribution in [0.5, 0.6) is 0 Å². The summed E-state index contributed by atoms with van der Waals surface area (Å²) in [7, 11) is 0. The van der Waals surface area contributed by atoms with Crippen molar-refractivity contribution in [3.8, 4) is 0 Å². The SMILES string of the molecule is CC(C)(C)OCC(O)CNc1cccc(C(N)=O)c1. The number of rotatable bonds is 6. The van der Waals surface area contributed by atoms with Crippen LogP contribution in [0.1, 0.15) is 31.1 Å². The summed E-state index contributed by atoms with van der Waals surface area (Å²) in [6.45, 7) is 6.40. The minimum Gasteiger partial charge on any atom is -0.389 e. The fraction of sp³-hybridized carbons (Fsp3) is 0.500. The monoisotopic (exact) mass is 266 g/mol. The smallest absolute Gasteiger partial charge is 0.248 e. The summed E-state index contributed by atoms with van der Waals surface area (Å²) >= 11 is 0. The molecule has 0 saturated carbocycles. The van der Waals surface area contributed by atoms with E-state index in [1.165, 1.54) is 0 Å². The van der Waals surface area contributed by atoms with E-state index in [2.05, 4.69) is 5.32 Å². The quantitative estimate of drug-likeness (QED) is 0.726. The standard InChI is InChI=1S/C14H22N2O3/c1-14(2,3)19-9-12(17)8-16-11-6-4-5-10(7-11)13(15)18/h4-7,12,16-17H,8-9H2,1-3H3,(H2,15,18). The van der Waals surface area contributed by atoms with Gasteiger partial charge in [-0.15, -0.1) is 0 Å². The molecule has 0 spiro atoms. The van der Waals surface area contributed by atoms with Gasteiger partial charge in [-0.1, -0.05) is 6.07 Å². The molecule has 1 atom stereocenters. The van der Waals surface area contributed by atoms with Gasteiger partial charge in [0.2, 0.25) is 5.91 Å². The molecule has 0 aliphatic heterocycles. The van der Waals surface area contributed by atoms with Crippen LogP contribution in [0, 0.1) is 0 Å². The van der Waals surface area contributed by atoms with Crippen LogP contribution < -0.4 is 11.1 Å². The molecule has 5 nitrogen and oxygen atoms in total. The number of amides is 1. The second kappa shape index (κ2) is 6.54. The Bertz CT molecular complexity index is 427. The second-order valence-corrected chi connectivity index (χ2v) is 5.40. The number of carbonyl (C=O) groups is 1. The summed E-state index contributed by atoms with van der Waals surface area (Å²) in [6.07, 6.45) is -0.614. The molecular weight excluding hydrogens is 244 g/mol. The van der Waals surface area contributed by atoms with E-state index in [0.29, 0.717) is 12.1 Å². The number of nitrogens with two attached hydrogens (primary N) is 1. The van der Waals surface area contributed by atoms with Crippen LogP contribution in [-0.4, -0.2) is 35.9 Å². The third-order valence-electron chi connectivity index (χ3n) is 2.40. The summed E-state index contributed by atoms with van der Waals surface area (Å²) < 4.78 is 5.48. The van der Waals surface area contributed by atoms with Crippen LogP contribution in [0.3, 0.4) is 0 Å². The lowest BCUT2D eigenvalue weighted by Crippen LogP contribution is -2.30. The molecule has 1 aromatic carbocycles. The Hall–Kier alpha value is -1.59. The number of hydrogen-bond acceptors (Lipinski definition) is 4. The van der Waals surface area contributed by atoms with Gasteiger partial charge in [0.05, 0.1) is 18.3 Å². The van der Waals surface area contributed by atoms with Crippen LogP contribution in [0.15, 0.2) is 24.3 Å². The van der Waals surface area contributed by atoms with Crippen molar-refractivity contribution >= 4 is 11.6 Å². The summed E-state index contributed by atoms with van der Waals surface area (Å²) in [5, 5.41) is 12.8. The molecule has 4 N–H and O–H groups in total. The normalized spacial score (nSPS) is 13.1. The van der Waals surface area contributed by atoms with E-state index in [9.17, 15) is 9.90 Å².